The summed E-state index contributed by atoms with van der Waals surface area (Å²) >= 11 is 0. The quantitative estimate of drug-likeness (QED) is 0.918. The third-order valence-corrected chi connectivity index (χ3v) is 5.08. The van der Waals surface area contributed by atoms with Gasteiger partial charge >= 0.3 is 0 Å². The Kier molecular flexibility index (Phi) is 4.65. The van der Waals surface area contributed by atoms with E-state index in [0.717, 1.165) is 17.7 Å². The standard InChI is InChI=1S/C16H20N2O2S/c1-18(2)14-4-3-5-16(12-14)21(19,20)15-8-6-13(7-9-15)10-11-17/h3-9,12H,10-11,17H2,1-2H3. The summed E-state index contributed by atoms with van der Waals surface area (Å²) in [6.07, 6.45) is 0.746. The molecule has 2 aromatic carbocycles. The van der Waals surface area contributed by atoms with Crippen molar-refractivity contribution in [2.45, 2.75) is 16.2 Å². The van der Waals surface area contributed by atoms with Crippen LogP contribution in [0, 0.1) is 0 Å². The summed E-state index contributed by atoms with van der Waals surface area (Å²) in [6.45, 7) is 0.553. The van der Waals surface area contributed by atoms with Gasteiger partial charge in [-0.3, -0.25) is 0 Å². The van der Waals surface area contributed by atoms with E-state index in [1.54, 1.807) is 30.3 Å². The number of hydrogen-bond donors (Lipinski definition) is 1. The molecule has 0 saturated carbocycles. The van der Waals surface area contributed by atoms with Crippen LogP contribution < -0.4 is 10.6 Å². The largest absolute Gasteiger partial charge is 0.378 e. The lowest BCUT2D eigenvalue weighted by Gasteiger charge is -2.14. The first-order valence-electron chi connectivity index (χ1n) is 6.76. The third kappa shape index (κ3) is 3.43. The van der Waals surface area contributed by atoms with E-state index >= 15 is 0 Å². The molecule has 0 aromatic heterocycles. The number of benzene rings is 2. The lowest BCUT2D eigenvalue weighted by molar-refractivity contribution is 0.596. The van der Waals surface area contributed by atoms with Crippen molar-refractivity contribution in [2.24, 2.45) is 5.73 Å². The predicted octanol–water partition coefficient (Wildman–Crippen LogP) is 2.09. The van der Waals surface area contributed by atoms with Gasteiger partial charge in [0.1, 0.15) is 0 Å². The van der Waals surface area contributed by atoms with Crippen LogP contribution in [0.4, 0.5) is 5.69 Å². The van der Waals surface area contributed by atoms with Gasteiger partial charge in [-0.15, -0.1) is 0 Å². The second-order valence-corrected chi connectivity index (χ2v) is 7.03. The molecule has 112 valence electrons. The normalized spacial score (nSPS) is 11.4. The van der Waals surface area contributed by atoms with E-state index in [4.69, 9.17) is 5.73 Å². The Balaban J connectivity index is 2.39. The first kappa shape index (κ1) is 15.5. The van der Waals surface area contributed by atoms with Crippen molar-refractivity contribution < 1.29 is 8.42 Å². The minimum atomic E-state index is -3.48. The molecule has 21 heavy (non-hydrogen) atoms. The van der Waals surface area contributed by atoms with Gasteiger partial charge in [0.25, 0.3) is 0 Å². The van der Waals surface area contributed by atoms with E-state index < -0.39 is 9.84 Å². The lowest BCUT2D eigenvalue weighted by atomic mass is 10.2. The summed E-state index contributed by atoms with van der Waals surface area (Å²) in [5, 5.41) is 0. The fraction of sp³-hybridized carbons (Fsp3) is 0.250. The van der Waals surface area contributed by atoms with E-state index in [2.05, 4.69) is 0 Å². The monoisotopic (exact) mass is 304 g/mol. The molecule has 0 aliphatic rings. The zero-order valence-corrected chi connectivity index (χ0v) is 13.1. The van der Waals surface area contributed by atoms with Gasteiger partial charge in [0.2, 0.25) is 9.84 Å². The van der Waals surface area contributed by atoms with Gasteiger partial charge in [-0.25, -0.2) is 8.42 Å². The summed E-state index contributed by atoms with van der Waals surface area (Å²) in [4.78, 5) is 2.49. The molecular weight excluding hydrogens is 284 g/mol. The predicted molar refractivity (Wildman–Crippen MR) is 85.4 cm³/mol. The van der Waals surface area contributed by atoms with Crippen LogP contribution in [0.5, 0.6) is 0 Å². The topological polar surface area (TPSA) is 63.4 Å². The zero-order chi connectivity index (χ0) is 15.5. The van der Waals surface area contributed by atoms with E-state index in [-0.39, 0.29) is 0 Å². The fourth-order valence-electron chi connectivity index (χ4n) is 2.07. The molecule has 0 heterocycles. The Hall–Kier alpha value is -1.85. The first-order chi connectivity index (χ1) is 9.95. The number of hydrogen-bond acceptors (Lipinski definition) is 4. The number of sulfone groups is 1. The van der Waals surface area contributed by atoms with Gasteiger partial charge in [0.15, 0.2) is 0 Å². The Morgan fingerprint density at radius 1 is 1.00 bits per heavy atom. The van der Waals surface area contributed by atoms with Crippen LogP contribution in [-0.2, 0) is 16.3 Å². The lowest BCUT2D eigenvalue weighted by Crippen LogP contribution is -2.10. The van der Waals surface area contributed by atoms with E-state index in [1.165, 1.54) is 0 Å². The highest BCUT2D eigenvalue weighted by atomic mass is 32.2. The van der Waals surface area contributed by atoms with Crippen molar-refractivity contribution >= 4 is 15.5 Å². The molecular formula is C16H20N2O2S. The third-order valence-electron chi connectivity index (χ3n) is 3.31. The molecule has 2 N–H and O–H groups in total. The van der Waals surface area contributed by atoms with Crippen LogP contribution >= 0.6 is 0 Å². The Labute approximate surface area is 126 Å². The van der Waals surface area contributed by atoms with Crippen molar-refractivity contribution in [3.8, 4) is 0 Å². The van der Waals surface area contributed by atoms with Crippen LogP contribution in [0.3, 0.4) is 0 Å². The molecule has 4 nitrogen and oxygen atoms in total. The summed E-state index contributed by atoms with van der Waals surface area (Å²) < 4.78 is 25.3. The minimum Gasteiger partial charge on any atom is -0.378 e. The Bertz CT molecular complexity index is 707. The first-order valence-corrected chi connectivity index (χ1v) is 8.25. The molecule has 0 amide bonds. The van der Waals surface area contributed by atoms with Gasteiger partial charge in [0, 0.05) is 19.8 Å². The Morgan fingerprint density at radius 2 is 1.67 bits per heavy atom. The van der Waals surface area contributed by atoms with Gasteiger partial charge in [-0.05, 0) is 48.9 Å². The number of nitrogens with zero attached hydrogens (tertiary/aromatic N) is 1. The molecule has 0 radical (unpaired) electrons. The second kappa shape index (κ2) is 6.28. The van der Waals surface area contributed by atoms with Crippen LogP contribution in [0.25, 0.3) is 0 Å². The van der Waals surface area contributed by atoms with Gasteiger partial charge in [-0.1, -0.05) is 18.2 Å². The van der Waals surface area contributed by atoms with Crippen LogP contribution in [-0.4, -0.2) is 29.1 Å². The van der Waals surface area contributed by atoms with Gasteiger partial charge in [-0.2, -0.15) is 0 Å². The minimum absolute atomic E-state index is 0.305. The summed E-state index contributed by atoms with van der Waals surface area (Å²) in [7, 11) is 0.280. The molecule has 2 aromatic rings. The second-order valence-electron chi connectivity index (χ2n) is 5.08. The van der Waals surface area contributed by atoms with Gasteiger partial charge in [0.05, 0.1) is 9.79 Å². The molecule has 0 aliphatic heterocycles. The zero-order valence-electron chi connectivity index (χ0n) is 12.3. The summed E-state index contributed by atoms with van der Waals surface area (Å²) in [5.74, 6) is 0. The van der Waals surface area contributed by atoms with Crippen LogP contribution in [0.2, 0.25) is 0 Å². The molecule has 0 aliphatic carbocycles. The van der Waals surface area contributed by atoms with Gasteiger partial charge < -0.3 is 10.6 Å². The average molecular weight is 304 g/mol. The average Bonchev–Trinajstić information content (AvgIpc) is 2.48. The SMILES string of the molecule is CN(C)c1cccc(S(=O)(=O)c2ccc(CCN)cc2)c1. The Morgan fingerprint density at radius 3 is 2.24 bits per heavy atom. The van der Waals surface area contributed by atoms with E-state index in [9.17, 15) is 8.42 Å². The van der Waals surface area contributed by atoms with Crippen LogP contribution in [0.15, 0.2) is 58.3 Å². The number of anilines is 1. The fourth-order valence-corrected chi connectivity index (χ4v) is 3.37. The van der Waals surface area contributed by atoms with Crippen molar-refractivity contribution in [1.82, 2.24) is 0 Å². The van der Waals surface area contributed by atoms with E-state index in [0.29, 0.717) is 16.3 Å². The molecule has 0 bridgehead atoms. The molecule has 0 unspecified atom stereocenters. The van der Waals surface area contributed by atoms with Crippen molar-refractivity contribution in [3.63, 3.8) is 0 Å². The number of nitrogens with two attached hydrogens (primary N) is 1. The highest BCUT2D eigenvalue weighted by Gasteiger charge is 2.18. The molecule has 0 spiro atoms. The van der Waals surface area contributed by atoms with Crippen molar-refractivity contribution in [1.29, 1.82) is 0 Å². The highest BCUT2D eigenvalue weighted by molar-refractivity contribution is 7.91. The smallest absolute Gasteiger partial charge is 0.206 e. The molecule has 0 atom stereocenters. The van der Waals surface area contributed by atoms with E-state index in [1.807, 2.05) is 37.2 Å². The van der Waals surface area contributed by atoms with Crippen LogP contribution in [0.1, 0.15) is 5.56 Å². The number of rotatable bonds is 5. The molecule has 0 fully saturated rings. The summed E-state index contributed by atoms with van der Waals surface area (Å²) in [5.41, 5.74) is 7.40. The maximum Gasteiger partial charge on any atom is 0.206 e. The maximum atomic E-state index is 12.6. The maximum absolute atomic E-state index is 12.6. The van der Waals surface area contributed by atoms with Crippen molar-refractivity contribution in [3.05, 3.63) is 54.1 Å². The van der Waals surface area contributed by atoms with Crippen molar-refractivity contribution in [2.75, 3.05) is 25.5 Å². The molecule has 5 heteroatoms. The molecule has 0 saturated heterocycles. The summed E-state index contributed by atoms with van der Waals surface area (Å²) in [6, 6.07) is 13.9. The molecule has 2 rings (SSSR count). The highest BCUT2D eigenvalue weighted by Crippen LogP contribution is 2.24.